The van der Waals surface area contributed by atoms with Gasteiger partial charge in [-0.1, -0.05) is 0 Å². The third kappa shape index (κ3) is 10.8. The molecule has 0 fully saturated rings. The molecule has 0 saturated carbocycles. The standard InChI is InChI=1S/Ce.H5OSi2.Zr/c;2-1-3;/h;2H2,3H3;. The maximum absolute atomic E-state index is 4.88. The predicted octanol–water partition coefficient (Wildman–Crippen LogP) is -2.17. The third-order valence-electron chi connectivity index (χ3n) is 0.144. The van der Waals surface area contributed by atoms with Gasteiger partial charge in [-0.15, -0.1) is 0 Å². The molecular weight excluding hydrogens is 304 g/mol. The first-order valence-electron chi connectivity index (χ1n) is 1.05. The average Bonchev–Trinajstić information content (AvgIpc) is 1.37. The molecular formula is H5CeOSi2Zr. The van der Waals surface area contributed by atoms with Crippen LogP contribution < -0.4 is 0 Å². The van der Waals surface area contributed by atoms with Gasteiger partial charge in [-0.2, -0.15) is 0 Å². The molecule has 0 rings (SSSR count). The van der Waals surface area contributed by atoms with Crippen molar-refractivity contribution >= 4 is 14.7 Å². The van der Waals surface area contributed by atoms with Crippen LogP contribution in [0.2, 0.25) is 0 Å². The molecule has 0 radical (unpaired) electrons. The molecule has 1 nitrogen and oxygen atoms in total. The minimum Gasteiger partial charge on any atom is 0 e. The van der Waals surface area contributed by atoms with Crippen LogP contribution >= 0.6 is 0 Å². The second-order valence-corrected chi connectivity index (χ2v) is 5.75. The molecule has 0 bridgehead atoms. The van der Waals surface area contributed by atoms with Gasteiger partial charge in [-0.25, -0.2) is 0 Å². The van der Waals surface area contributed by atoms with Crippen molar-refractivity contribution in [1.82, 2.24) is 0 Å². The number of hydrogen-bond donors (Lipinski definition) is 0. The summed E-state index contributed by atoms with van der Waals surface area (Å²) in [5.41, 5.74) is 0. The quantitative estimate of drug-likeness (QED) is 0.501. The number of hydrogen-bond acceptors (Lipinski definition) is 1. The molecule has 5 heteroatoms. The fourth-order valence-electron chi connectivity index (χ4n) is 0. The summed E-state index contributed by atoms with van der Waals surface area (Å²) in [6, 6.07) is 0. The summed E-state index contributed by atoms with van der Waals surface area (Å²) in [5.74, 6) is 0. The van der Waals surface area contributed by atoms with Crippen LogP contribution in [-0.4, -0.2) is 14.7 Å². The Hall–Kier alpha value is 2.65. The van der Waals surface area contributed by atoms with Crippen molar-refractivity contribution in [3.63, 3.8) is 0 Å². The first kappa shape index (κ1) is 10.6. The minimum absolute atomic E-state index is 0. The van der Waals surface area contributed by atoms with E-state index in [1.54, 1.807) is 0 Å². The van der Waals surface area contributed by atoms with Crippen LogP contribution in [-0.2, 0) is 30.3 Å². The Labute approximate surface area is 81.7 Å². The van der Waals surface area contributed by atoms with E-state index in [1.807, 2.05) is 0 Å². The Morgan fingerprint density at radius 2 is 2.00 bits per heavy atom. The van der Waals surface area contributed by atoms with Gasteiger partial charge in [-0.3, -0.25) is 0 Å². The zero-order valence-corrected chi connectivity index (χ0v) is 12.1. The van der Waals surface area contributed by atoms with Gasteiger partial charge in [0.1, 0.15) is 0 Å². The minimum atomic E-state index is 0. The van der Waals surface area contributed by atoms with E-state index in [1.165, 1.54) is 38.5 Å². The summed E-state index contributed by atoms with van der Waals surface area (Å²) in [6.07, 6.45) is 0. The van der Waals surface area contributed by atoms with E-state index >= 15 is 0 Å². The van der Waals surface area contributed by atoms with Crippen LogP contribution in [0.1, 0.15) is 0 Å². The van der Waals surface area contributed by atoms with Crippen molar-refractivity contribution in [1.29, 1.82) is 0 Å². The molecule has 0 aliphatic heterocycles. The molecule has 0 heterocycles. The van der Waals surface area contributed by atoms with Crippen molar-refractivity contribution in [2.45, 2.75) is 0 Å². The maximum atomic E-state index is 4.88. The van der Waals surface area contributed by atoms with E-state index in [0.29, 0.717) is 0 Å². The summed E-state index contributed by atoms with van der Waals surface area (Å²) in [6.45, 7) is 0. The second-order valence-electron chi connectivity index (χ2n) is 0.433. The molecule has 0 saturated heterocycles. The molecule has 0 aromatic heterocycles. The van der Waals surface area contributed by atoms with E-state index < -0.39 is 0 Å². The molecule has 0 N–H and O–H groups in total. The van der Waals surface area contributed by atoms with Gasteiger partial charge < -0.3 is 0 Å². The molecule has 0 atom stereocenters. The Morgan fingerprint density at radius 3 is 2.00 bits per heavy atom. The molecule has 0 aliphatic rings. The van der Waals surface area contributed by atoms with Crippen LogP contribution in [0.4, 0.5) is 0 Å². The maximum Gasteiger partial charge on any atom is 0 e. The fraction of sp³-hybridized carbons (Fsp3) is 0. The van der Waals surface area contributed by atoms with E-state index in [-0.39, 0.29) is 30.4 Å². The van der Waals surface area contributed by atoms with Crippen molar-refractivity contribution in [3.8, 4) is 0 Å². The van der Waals surface area contributed by atoms with Gasteiger partial charge in [0.15, 0.2) is 0 Å². The molecule has 5 heavy (non-hydrogen) atoms. The summed E-state index contributed by atoms with van der Waals surface area (Å²) < 4.78 is 5.01. The molecule has 0 aromatic rings. The third-order valence-corrected chi connectivity index (χ3v) is 9.46. The molecule has 0 amide bonds. The van der Waals surface area contributed by atoms with Gasteiger partial charge in [0.05, 0.1) is 0 Å². The molecule has 0 unspecified atom stereocenters. The van der Waals surface area contributed by atoms with Gasteiger partial charge in [-0.05, 0) is 0 Å². The summed E-state index contributed by atoms with van der Waals surface area (Å²) in [7, 11) is 0.986. The smallest absolute Gasteiger partial charge is 0 e. The molecule has 0 aliphatic carbocycles. The zero-order valence-electron chi connectivity index (χ0n) is 3.12. The van der Waals surface area contributed by atoms with E-state index in [9.17, 15) is 0 Å². The topological polar surface area (TPSA) is 9.23 Å². The Morgan fingerprint density at radius 1 is 1.80 bits per heavy atom. The Bertz CT molecular complexity index is 11.6. The van der Waals surface area contributed by atoms with Gasteiger partial charge >= 0.3 is 57.3 Å². The fourth-order valence-corrected chi connectivity index (χ4v) is 0. The van der Waals surface area contributed by atoms with Gasteiger partial charge in [0.2, 0.25) is 0 Å². The van der Waals surface area contributed by atoms with E-state index in [2.05, 4.69) is 0 Å². The second kappa shape index (κ2) is 9.82. The van der Waals surface area contributed by atoms with E-state index in [4.69, 9.17) is 4.12 Å². The van der Waals surface area contributed by atoms with Crippen molar-refractivity contribution in [2.24, 2.45) is 0 Å². The van der Waals surface area contributed by atoms with Gasteiger partial charge in [0, 0.05) is 26.2 Å². The van der Waals surface area contributed by atoms with E-state index in [0.717, 1.165) is 10.5 Å². The Kier molecular flexibility index (Phi) is 20.8. The number of rotatable bonds is 1. The SMILES string of the molecule is [SiH3]O[SiH2][Ce].[Zr]. The molecule has 0 aromatic carbocycles. The molecule has 27 valence electrons. The molecule has 0 spiro atoms. The summed E-state index contributed by atoms with van der Waals surface area (Å²) in [5, 5.41) is 0. The summed E-state index contributed by atoms with van der Waals surface area (Å²) >= 11 is 1.34. The zero-order chi connectivity index (χ0) is 3.41. The first-order chi connectivity index (χ1) is 1.91. The normalized spacial score (nSPS) is 8.60. The monoisotopic (exact) mass is 307 g/mol. The van der Waals surface area contributed by atoms with Gasteiger partial charge in [0.25, 0.3) is 0 Å². The van der Waals surface area contributed by atoms with Crippen LogP contribution in [0, 0.1) is 38.5 Å². The largest absolute Gasteiger partial charge is 0 e. The first-order valence-corrected chi connectivity index (χ1v) is 9.81. The summed E-state index contributed by atoms with van der Waals surface area (Å²) in [4.78, 5) is 0. The average molecular weight is 309 g/mol. The van der Waals surface area contributed by atoms with Crippen LogP contribution in [0.25, 0.3) is 0 Å². The predicted molar refractivity (Wildman–Crippen MR) is 19.6 cm³/mol. The van der Waals surface area contributed by atoms with Crippen LogP contribution in [0.5, 0.6) is 0 Å². The van der Waals surface area contributed by atoms with Crippen molar-refractivity contribution in [3.05, 3.63) is 0 Å². The van der Waals surface area contributed by atoms with Crippen molar-refractivity contribution < 1.29 is 68.8 Å². The van der Waals surface area contributed by atoms with Crippen molar-refractivity contribution in [2.75, 3.05) is 0 Å². The van der Waals surface area contributed by atoms with Crippen LogP contribution in [0.15, 0.2) is 0 Å². The van der Waals surface area contributed by atoms with Crippen LogP contribution in [0.3, 0.4) is 0 Å². The Balaban J connectivity index is 0.